The summed E-state index contributed by atoms with van der Waals surface area (Å²) in [5, 5.41) is 9.11. The molecule has 1 N–H and O–H groups in total. The number of benzene rings is 1. The van der Waals surface area contributed by atoms with E-state index in [2.05, 4.69) is 39.8 Å². The Bertz CT molecular complexity index is 368. The molecular weight excluding hydrogens is 248 g/mol. The SMILES string of the molecule is CC(C)(CCO)CC(C)(C)CCOCc1ccccc1. The molecule has 0 spiro atoms. The van der Waals surface area contributed by atoms with Crippen molar-refractivity contribution < 1.29 is 9.84 Å². The number of hydrogen-bond donors (Lipinski definition) is 1. The Balaban J connectivity index is 2.29. The van der Waals surface area contributed by atoms with Crippen LogP contribution in [0.5, 0.6) is 0 Å². The summed E-state index contributed by atoms with van der Waals surface area (Å²) in [7, 11) is 0. The summed E-state index contributed by atoms with van der Waals surface area (Å²) in [5.41, 5.74) is 1.67. The topological polar surface area (TPSA) is 29.5 Å². The first-order chi connectivity index (χ1) is 9.35. The van der Waals surface area contributed by atoms with Crippen LogP contribution in [0.1, 0.15) is 52.5 Å². The van der Waals surface area contributed by atoms with Gasteiger partial charge in [-0.3, -0.25) is 0 Å². The van der Waals surface area contributed by atoms with Gasteiger partial charge in [-0.05, 0) is 35.7 Å². The van der Waals surface area contributed by atoms with Crippen LogP contribution in [-0.4, -0.2) is 18.3 Å². The fraction of sp³-hybridized carbons (Fsp3) is 0.667. The molecule has 0 aliphatic carbocycles. The highest BCUT2D eigenvalue weighted by Gasteiger charge is 2.28. The Morgan fingerprint density at radius 3 is 2.15 bits per heavy atom. The Morgan fingerprint density at radius 1 is 0.950 bits per heavy atom. The van der Waals surface area contributed by atoms with E-state index in [1.807, 2.05) is 18.2 Å². The average Bonchev–Trinajstić information content (AvgIpc) is 2.34. The maximum atomic E-state index is 9.11. The normalized spacial score (nSPS) is 12.7. The third-order valence-electron chi connectivity index (χ3n) is 3.78. The van der Waals surface area contributed by atoms with Gasteiger partial charge in [0.05, 0.1) is 6.61 Å². The van der Waals surface area contributed by atoms with Crippen LogP contribution in [0.25, 0.3) is 0 Å². The zero-order valence-corrected chi connectivity index (χ0v) is 13.5. The van der Waals surface area contributed by atoms with Gasteiger partial charge in [-0.1, -0.05) is 58.0 Å². The number of rotatable bonds is 9. The van der Waals surface area contributed by atoms with E-state index < -0.39 is 0 Å². The first-order valence-electron chi connectivity index (χ1n) is 7.57. The summed E-state index contributed by atoms with van der Waals surface area (Å²) < 4.78 is 5.78. The van der Waals surface area contributed by atoms with Crippen molar-refractivity contribution in [3.8, 4) is 0 Å². The quantitative estimate of drug-likeness (QED) is 0.678. The zero-order chi connectivity index (χ0) is 15.1. The van der Waals surface area contributed by atoms with Crippen molar-refractivity contribution in [2.45, 2.75) is 53.6 Å². The highest BCUT2D eigenvalue weighted by molar-refractivity contribution is 5.13. The molecule has 0 atom stereocenters. The number of ether oxygens (including phenoxy) is 1. The van der Waals surface area contributed by atoms with Gasteiger partial charge in [0.15, 0.2) is 0 Å². The molecule has 114 valence electrons. The van der Waals surface area contributed by atoms with Crippen LogP contribution in [0.3, 0.4) is 0 Å². The molecule has 0 aromatic heterocycles. The largest absolute Gasteiger partial charge is 0.396 e. The highest BCUT2D eigenvalue weighted by Crippen LogP contribution is 2.38. The maximum Gasteiger partial charge on any atom is 0.0716 e. The van der Waals surface area contributed by atoms with Gasteiger partial charge in [0.2, 0.25) is 0 Å². The summed E-state index contributed by atoms with van der Waals surface area (Å²) in [6.07, 6.45) is 3.02. The van der Waals surface area contributed by atoms with Gasteiger partial charge in [-0.25, -0.2) is 0 Å². The molecule has 0 heterocycles. The molecule has 0 aliphatic rings. The first kappa shape index (κ1) is 17.2. The molecule has 0 fully saturated rings. The van der Waals surface area contributed by atoms with Crippen molar-refractivity contribution in [2.75, 3.05) is 13.2 Å². The summed E-state index contributed by atoms with van der Waals surface area (Å²) in [6, 6.07) is 10.3. The predicted octanol–water partition coefficient (Wildman–Crippen LogP) is 4.42. The Labute approximate surface area is 124 Å². The Kier molecular flexibility index (Phi) is 6.70. The molecule has 0 saturated carbocycles. The van der Waals surface area contributed by atoms with E-state index in [4.69, 9.17) is 9.84 Å². The summed E-state index contributed by atoms with van der Waals surface area (Å²) in [4.78, 5) is 0. The predicted molar refractivity (Wildman–Crippen MR) is 84.6 cm³/mol. The fourth-order valence-electron chi connectivity index (χ4n) is 2.89. The second kappa shape index (κ2) is 7.80. The first-order valence-corrected chi connectivity index (χ1v) is 7.57. The lowest BCUT2D eigenvalue weighted by molar-refractivity contribution is 0.0700. The molecule has 1 aromatic carbocycles. The van der Waals surface area contributed by atoms with Crippen molar-refractivity contribution in [1.29, 1.82) is 0 Å². The van der Waals surface area contributed by atoms with Crippen molar-refractivity contribution in [1.82, 2.24) is 0 Å². The monoisotopic (exact) mass is 278 g/mol. The second-order valence-electron chi connectivity index (χ2n) is 7.27. The summed E-state index contributed by atoms with van der Waals surface area (Å²) in [5.74, 6) is 0. The van der Waals surface area contributed by atoms with E-state index >= 15 is 0 Å². The van der Waals surface area contributed by atoms with Gasteiger partial charge in [-0.15, -0.1) is 0 Å². The minimum absolute atomic E-state index is 0.192. The molecule has 0 aliphatic heterocycles. The lowest BCUT2D eigenvalue weighted by atomic mass is 9.72. The smallest absolute Gasteiger partial charge is 0.0716 e. The lowest BCUT2D eigenvalue weighted by Crippen LogP contribution is -2.25. The Hall–Kier alpha value is -0.860. The van der Waals surface area contributed by atoms with Crippen molar-refractivity contribution in [2.24, 2.45) is 10.8 Å². The van der Waals surface area contributed by atoms with E-state index in [0.717, 1.165) is 25.9 Å². The van der Waals surface area contributed by atoms with Crippen LogP contribution in [0.4, 0.5) is 0 Å². The van der Waals surface area contributed by atoms with Crippen molar-refractivity contribution in [3.05, 3.63) is 35.9 Å². The minimum atomic E-state index is 0.192. The molecule has 2 nitrogen and oxygen atoms in total. The summed E-state index contributed by atoms with van der Waals surface area (Å²) >= 11 is 0. The number of aliphatic hydroxyl groups is 1. The molecule has 1 rings (SSSR count). The molecule has 0 unspecified atom stereocenters. The standard InChI is InChI=1S/C18H30O2/c1-17(2,10-12-19)15-18(3,4)11-13-20-14-16-8-6-5-7-9-16/h5-9,19H,10-15H2,1-4H3. The van der Waals surface area contributed by atoms with Crippen LogP contribution in [0, 0.1) is 10.8 Å². The van der Waals surface area contributed by atoms with Gasteiger partial charge in [0.25, 0.3) is 0 Å². The summed E-state index contributed by atoms with van der Waals surface area (Å²) in [6.45, 7) is 10.8. The highest BCUT2D eigenvalue weighted by atomic mass is 16.5. The molecule has 0 bridgehead atoms. The number of hydrogen-bond acceptors (Lipinski definition) is 2. The van der Waals surface area contributed by atoms with Crippen molar-refractivity contribution in [3.63, 3.8) is 0 Å². The molecule has 20 heavy (non-hydrogen) atoms. The van der Waals surface area contributed by atoms with Gasteiger partial charge in [0.1, 0.15) is 0 Å². The molecule has 1 aromatic rings. The van der Waals surface area contributed by atoms with Gasteiger partial charge < -0.3 is 9.84 Å². The van der Waals surface area contributed by atoms with Crippen LogP contribution >= 0.6 is 0 Å². The number of aliphatic hydroxyl groups excluding tert-OH is 1. The zero-order valence-electron chi connectivity index (χ0n) is 13.5. The lowest BCUT2D eigenvalue weighted by Gasteiger charge is -2.34. The maximum absolute atomic E-state index is 9.11. The van der Waals surface area contributed by atoms with Gasteiger partial charge >= 0.3 is 0 Å². The third kappa shape index (κ3) is 7.06. The van der Waals surface area contributed by atoms with E-state index in [0.29, 0.717) is 6.61 Å². The fourth-order valence-corrected chi connectivity index (χ4v) is 2.89. The molecule has 0 saturated heterocycles. The van der Waals surface area contributed by atoms with Crippen LogP contribution in [0.15, 0.2) is 30.3 Å². The third-order valence-corrected chi connectivity index (χ3v) is 3.78. The second-order valence-corrected chi connectivity index (χ2v) is 7.27. The van der Waals surface area contributed by atoms with E-state index in [9.17, 15) is 0 Å². The van der Waals surface area contributed by atoms with E-state index in [-0.39, 0.29) is 17.4 Å². The van der Waals surface area contributed by atoms with E-state index in [1.54, 1.807) is 0 Å². The van der Waals surface area contributed by atoms with Gasteiger partial charge in [0, 0.05) is 13.2 Å². The van der Waals surface area contributed by atoms with Gasteiger partial charge in [-0.2, -0.15) is 0 Å². The van der Waals surface area contributed by atoms with Crippen LogP contribution in [-0.2, 0) is 11.3 Å². The molecule has 0 radical (unpaired) electrons. The molecule has 0 amide bonds. The van der Waals surface area contributed by atoms with E-state index in [1.165, 1.54) is 5.56 Å². The van der Waals surface area contributed by atoms with Crippen LogP contribution < -0.4 is 0 Å². The van der Waals surface area contributed by atoms with Crippen molar-refractivity contribution >= 4 is 0 Å². The Morgan fingerprint density at radius 2 is 1.55 bits per heavy atom. The van der Waals surface area contributed by atoms with Crippen LogP contribution in [0.2, 0.25) is 0 Å². The molecule has 2 heteroatoms. The average molecular weight is 278 g/mol. The minimum Gasteiger partial charge on any atom is -0.396 e. The molecular formula is C18H30O2.